The second-order valence-corrected chi connectivity index (χ2v) is 7.57. The van der Waals surface area contributed by atoms with E-state index in [-0.39, 0.29) is 18.1 Å². The number of carbonyl (C=O) groups excluding carboxylic acids is 1. The maximum Gasteiger partial charge on any atom is 0.292 e. The van der Waals surface area contributed by atoms with Gasteiger partial charge in [0.2, 0.25) is 5.91 Å². The molecule has 2 N–H and O–H groups in total. The van der Waals surface area contributed by atoms with Crippen LogP contribution in [0.25, 0.3) is 0 Å². The smallest absolute Gasteiger partial charge is 0.292 e. The molecule has 0 aliphatic carbocycles. The van der Waals surface area contributed by atoms with Crippen molar-refractivity contribution in [3.05, 3.63) is 57.6 Å². The number of nitro groups is 1. The standard InChI is InChI=1S/C18H19ClN4O3S/c19-14-11-13(5-6-16(14)22-7-9-27-10-8-22)21-18(24)12-20-15-3-1-2-4-17(15)23(25)26/h1-6,11,20H,7-10,12H2,(H,21,24). The molecule has 9 heteroatoms. The summed E-state index contributed by atoms with van der Waals surface area (Å²) in [7, 11) is 0. The molecule has 0 saturated carbocycles. The molecule has 7 nitrogen and oxygen atoms in total. The molecule has 1 amide bonds. The lowest BCUT2D eigenvalue weighted by molar-refractivity contribution is -0.383. The topological polar surface area (TPSA) is 87.5 Å². The Labute approximate surface area is 166 Å². The van der Waals surface area contributed by atoms with Gasteiger partial charge in [0, 0.05) is 36.3 Å². The van der Waals surface area contributed by atoms with Crippen LogP contribution in [0.15, 0.2) is 42.5 Å². The average molecular weight is 407 g/mol. The third kappa shape index (κ3) is 5.05. The van der Waals surface area contributed by atoms with Gasteiger partial charge in [-0.05, 0) is 24.3 Å². The van der Waals surface area contributed by atoms with Gasteiger partial charge in [-0.3, -0.25) is 14.9 Å². The molecule has 0 bridgehead atoms. The van der Waals surface area contributed by atoms with Crippen molar-refractivity contribution in [3.8, 4) is 0 Å². The number of halogens is 1. The van der Waals surface area contributed by atoms with E-state index in [1.165, 1.54) is 6.07 Å². The number of anilines is 3. The van der Waals surface area contributed by atoms with Crippen molar-refractivity contribution in [3.63, 3.8) is 0 Å². The fourth-order valence-corrected chi connectivity index (χ4v) is 4.01. The molecule has 1 saturated heterocycles. The molecule has 0 aromatic heterocycles. The third-order valence-electron chi connectivity index (χ3n) is 4.12. The van der Waals surface area contributed by atoms with Crippen LogP contribution in [0.1, 0.15) is 0 Å². The molecular weight excluding hydrogens is 388 g/mol. The SMILES string of the molecule is O=C(CNc1ccccc1[N+](=O)[O-])Nc1ccc(N2CCSCC2)c(Cl)c1. The summed E-state index contributed by atoms with van der Waals surface area (Å²) in [6.45, 7) is 1.82. The lowest BCUT2D eigenvalue weighted by Gasteiger charge is -2.29. The van der Waals surface area contributed by atoms with E-state index < -0.39 is 4.92 Å². The van der Waals surface area contributed by atoms with Crippen LogP contribution >= 0.6 is 23.4 Å². The molecule has 3 rings (SSSR count). The van der Waals surface area contributed by atoms with E-state index in [1.807, 2.05) is 23.9 Å². The number of nitro benzene ring substituents is 1. The summed E-state index contributed by atoms with van der Waals surface area (Å²) < 4.78 is 0. The molecule has 1 fully saturated rings. The summed E-state index contributed by atoms with van der Waals surface area (Å²) in [4.78, 5) is 24.9. The van der Waals surface area contributed by atoms with Crippen LogP contribution in [0.4, 0.5) is 22.7 Å². The van der Waals surface area contributed by atoms with E-state index in [9.17, 15) is 14.9 Å². The van der Waals surface area contributed by atoms with E-state index in [1.54, 1.807) is 24.3 Å². The van der Waals surface area contributed by atoms with Crippen molar-refractivity contribution in [2.45, 2.75) is 0 Å². The van der Waals surface area contributed by atoms with Gasteiger partial charge in [0.05, 0.1) is 22.2 Å². The van der Waals surface area contributed by atoms with Crippen molar-refractivity contribution < 1.29 is 9.72 Å². The summed E-state index contributed by atoms with van der Waals surface area (Å²) in [6.07, 6.45) is 0. The van der Waals surface area contributed by atoms with Crippen LogP contribution < -0.4 is 15.5 Å². The number of para-hydroxylation sites is 2. The number of thioether (sulfide) groups is 1. The number of amides is 1. The normalized spacial score (nSPS) is 13.9. The molecule has 0 radical (unpaired) electrons. The quantitative estimate of drug-likeness (QED) is 0.559. The van der Waals surface area contributed by atoms with Crippen LogP contribution in [0.5, 0.6) is 0 Å². The highest BCUT2D eigenvalue weighted by Gasteiger charge is 2.16. The van der Waals surface area contributed by atoms with Crippen LogP contribution in [0.2, 0.25) is 5.02 Å². The summed E-state index contributed by atoms with van der Waals surface area (Å²) >= 11 is 8.31. The Bertz CT molecular complexity index is 843. The summed E-state index contributed by atoms with van der Waals surface area (Å²) in [6, 6.07) is 11.6. The number of carbonyl (C=O) groups is 1. The Balaban J connectivity index is 1.59. The fourth-order valence-electron chi connectivity index (χ4n) is 2.81. The second-order valence-electron chi connectivity index (χ2n) is 5.94. The zero-order chi connectivity index (χ0) is 19.2. The van der Waals surface area contributed by atoms with E-state index in [4.69, 9.17) is 11.6 Å². The zero-order valence-corrected chi connectivity index (χ0v) is 16.1. The Kier molecular flexibility index (Phi) is 6.41. The lowest BCUT2D eigenvalue weighted by atomic mass is 10.2. The van der Waals surface area contributed by atoms with Gasteiger partial charge in [0.15, 0.2) is 0 Å². The molecule has 142 valence electrons. The monoisotopic (exact) mass is 406 g/mol. The van der Waals surface area contributed by atoms with Crippen molar-refractivity contribution in [2.24, 2.45) is 0 Å². The Morgan fingerprint density at radius 3 is 2.67 bits per heavy atom. The van der Waals surface area contributed by atoms with Gasteiger partial charge in [-0.25, -0.2) is 0 Å². The largest absolute Gasteiger partial charge is 0.371 e. The summed E-state index contributed by atoms with van der Waals surface area (Å²) in [5, 5.41) is 17.1. The van der Waals surface area contributed by atoms with Gasteiger partial charge in [-0.1, -0.05) is 23.7 Å². The Morgan fingerprint density at radius 2 is 1.96 bits per heavy atom. The highest BCUT2D eigenvalue weighted by atomic mass is 35.5. The first-order chi connectivity index (χ1) is 13.0. The predicted octanol–water partition coefficient (Wildman–Crippen LogP) is 3.85. The molecule has 0 atom stereocenters. The van der Waals surface area contributed by atoms with Crippen LogP contribution in [0, 0.1) is 10.1 Å². The van der Waals surface area contributed by atoms with E-state index >= 15 is 0 Å². The van der Waals surface area contributed by atoms with Crippen molar-refractivity contribution in [1.82, 2.24) is 0 Å². The van der Waals surface area contributed by atoms with E-state index in [0.717, 1.165) is 30.3 Å². The molecule has 1 aliphatic heterocycles. The minimum Gasteiger partial charge on any atom is -0.371 e. The minimum absolute atomic E-state index is 0.0719. The van der Waals surface area contributed by atoms with Gasteiger partial charge in [0.1, 0.15) is 5.69 Å². The van der Waals surface area contributed by atoms with Crippen molar-refractivity contribution in [2.75, 3.05) is 46.7 Å². The van der Waals surface area contributed by atoms with Gasteiger partial charge < -0.3 is 15.5 Å². The molecule has 0 unspecified atom stereocenters. The first-order valence-electron chi connectivity index (χ1n) is 8.44. The lowest BCUT2D eigenvalue weighted by Crippen LogP contribution is -2.32. The fraction of sp³-hybridized carbons (Fsp3) is 0.278. The molecule has 0 spiro atoms. The highest BCUT2D eigenvalue weighted by Crippen LogP contribution is 2.30. The number of nitrogens with zero attached hydrogens (tertiary/aromatic N) is 2. The summed E-state index contributed by atoms with van der Waals surface area (Å²) in [5.41, 5.74) is 1.78. The van der Waals surface area contributed by atoms with Crippen molar-refractivity contribution >= 4 is 52.0 Å². The number of hydrogen-bond acceptors (Lipinski definition) is 6. The third-order valence-corrected chi connectivity index (χ3v) is 5.37. The van der Waals surface area contributed by atoms with Crippen LogP contribution in [-0.4, -0.2) is 42.0 Å². The van der Waals surface area contributed by atoms with Gasteiger partial charge >= 0.3 is 0 Å². The van der Waals surface area contributed by atoms with Gasteiger partial charge in [0.25, 0.3) is 5.69 Å². The summed E-state index contributed by atoms with van der Waals surface area (Å²) in [5.74, 6) is 1.84. The van der Waals surface area contributed by atoms with E-state index in [2.05, 4.69) is 15.5 Å². The molecule has 27 heavy (non-hydrogen) atoms. The number of nitrogens with one attached hydrogen (secondary N) is 2. The van der Waals surface area contributed by atoms with E-state index in [0.29, 0.717) is 16.4 Å². The van der Waals surface area contributed by atoms with Crippen LogP contribution in [0.3, 0.4) is 0 Å². The molecule has 1 aliphatic rings. The van der Waals surface area contributed by atoms with Crippen LogP contribution in [-0.2, 0) is 4.79 Å². The second kappa shape index (κ2) is 8.96. The molecular formula is C18H19ClN4O3S. The molecule has 1 heterocycles. The number of rotatable bonds is 6. The first-order valence-corrected chi connectivity index (χ1v) is 9.97. The highest BCUT2D eigenvalue weighted by molar-refractivity contribution is 7.99. The molecule has 2 aromatic rings. The minimum atomic E-state index is -0.488. The Morgan fingerprint density at radius 1 is 1.22 bits per heavy atom. The maximum atomic E-state index is 12.2. The zero-order valence-electron chi connectivity index (χ0n) is 14.5. The molecule has 2 aromatic carbocycles. The van der Waals surface area contributed by atoms with Crippen molar-refractivity contribution in [1.29, 1.82) is 0 Å². The first kappa shape index (κ1) is 19.3. The van der Waals surface area contributed by atoms with Gasteiger partial charge in [-0.15, -0.1) is 0 Å². The number of hydrogen-bond donors (Lipinski definition) is 2. The average Bonchev–Trinajstić information content (AvgIpc) is 2.67. The van der Waals surface area contributed by atoms with Gasteiger partial charge in [-0.2, -0.15) is 11.8 Å². The number of benzene rings is 2. The predicted molar refractivity (Wildman–Crippen MR) is 111 cm³/mol. The Hall–Kier alpha value is -2.45. The maximum absolute atomic E-state index is 12.2.